The van der Waals surface area contributed by atoms with E-state index >= 15 is 0 Å². The molecule has 22 heavy (non-hydrogen) atoms. The van der Waals surface area contributed by atoms with Crippen LogP contribution in [0.25, 0.3) is 11.4 Å². The van der Waals surface area contributed by atoms with E-state index in [1.165, 1.54) is 7.11 Å². The molecule has 8 heteroatoms. The Labute approximate surface area is 125 Å². The number of aromatic nitrogens is 5. The van der Waals surface area contributed by atoms with E-state index in [0.717, 1.165) is 5.56 Å². The molecule has 0 aliphatic carbocycles. The Morgan fingerprint density at radius 3 is 2.86 bits per heavy atom. The standard InChI is InChI=1S/C14H12N6O2/c1-22-12-7-3-6-11(16-12)14(21)15-10-5-2-4-9(8-10)13-17-19-20-18-13/h2-8H,1H3,(H,15,21)(H,17,18,19,20). The fourth-order valence-electron chi connectivity index (χ4n) is 1.87. The first-order valence-electron chi connectivity index (χ1n) is 6.42. The number of tetrazole rings is 1. The summed E-state index contributed by atoms with van der Waals surface area (Å²) in [4.78, 5) is 16.3. The lowest BCUT2D eigenvalue weighted by Crippen LogP contribution is -2.13. The molecule has 0 aliphatic heterocycles. The molecule has 2 heterocycles. The van der Waals surface area contributed by atoms with Crippen molar-refractivity contribution >= 4 is 11.6 Å². The van der Waals surface area contributed by atoms with Gasteiger partial charge in [0.1, 0.15) is 5.69 Å². The Kier molecular flexibility index (Phi) is 3.73. The van der Waals surface area contributed by atoms with E-state index in [1.54, 1.807) is 36.4 Å². The number of methoxy groups -OCH3 is 1. The summed E-state index contributed by atoms with van der Waals surface area (Å²) in [5.74, 6) is 0.507. The predicted molar refractivity (Wildman–Crippen MR) is 78.4 cm³/mol. The smallest absolute Gasteiger partial charge is 0.274 e. The lowest BCUT2D eigenvalue weighted by molar-refractivity contribution is 0.102. The molecule has 0 unspecified atom stereocenters. The monoisotopic (exact) mass is 296 g/mol. The number of hydrogen-bond donors (Lipinski definition) is 2. The van der Waals surface area contributed by atoms with Gasteiger partial charge in [-0.25, -0.2) is 4.98 Å². The topological polar surface area (TPSA) is 106 Å². The molecule has 2 aromatic heterocycles. The molecule has 2 N–H and O–H groups in total. The number of nitrogens with zero attached hydrogens (tertiary/aromatic N) is 4. The number of rotatable bonds is 4. The van der Waals surface area contributed by atoms with Crippen LogP contribution in [0.1, 0.15) is 10.5 Å². The molecule has 0 atom stereocenters. The van der Waals surface area contributed by atoms with Gasteiger partial charge < -0.3 is 10.1 Å². The summed E-state index contributed by atoms with van der Waals surface area (Å²) >= 11 is 0. The van der Waals surface area contributed by atoms with Gasteiger partial charge in [-0.1, -0.05) is 18.2 Å². The van der Waals surface area contributed by atoms with E-state index in [2.05, 4.69) is 30.9 Å². The highest BCUT2D eigenvalue weighted by Gasteiger charge is 2.10. The van der Waals surface area contributed by atoms with Gasteiger partial charge in [0.25, 0.3) is 5.91 Å². The van der Waals surface area contributed by atoms with E-state index in [4.69, 9.17) is 4.74 Å². The third kappa shape index (κ3) is 2.90. The average Bonchev–Trinajstić information content (AvgIpc) is 3.10. The average molecular weight is 296 g/mol. The molecule has 0 spiro atoms. The molecule has 110 valence electrons. The van der Waals surface area contributed by atoms with Crippen molar-refractivity contribution in [3.63, 3.8) is 0 Å². The number of amides is 1. The number of nitrogens with one attached hydrogen (secondary N) is 2. The Bertz CT molecular complexity index is 788. The summed E-state index contributed by atoms with van der Waals surface area (Å²) < 4.78 is 5.01. The zero-order valence-electron chi connectivity index (χ0n) is 11.6. The summed E-state index contributed by atoms with van der Waals surface area (Å²) in [6.07, 6.45) is 0. The molecule has 1 aromatic carbocycles. The third-order valence-electron chi connectivity index (χ3n) is 2.89. The summed E-state index contributed by atoms with van der Waals surface area (Å²) in [6.45, 7) is 0. The molecule has 0 aliphatic rings. The van der Waals surface area contributed by atoms with E-state index in [-0.39, 0.29) is 11.6 Å². The van der Waals surface area contributed by atoms with E-state index in [1.807, 2.05) is 6.07 Å². The second-order valence-electron chi connectivity index (χ2n) is 4.34. The molecule has 0 fully saturated rings. The van der Waals surface area contributed by atoms with Crippen LogP contribution in [0.4, 0.5) is 5.69 Å². The van der Waals surface area contributed by atoms with E-state index in [9.17, 15) is 4.79 Å². The lowest BCUT2D eigenvalue weighted by Gasteiger charge is -2.06. The van der Waals surface area contributed by atoms with Gasteiger partial charge in [0.05, 0.1) is 7.11 Å². The first-order valence-corrected chi connectivity index (χ1v) is 6.42. The number of ether oxygens (including phenoxy) is 1. The second-order valence-corrected chi connectivity index (χ2v) is 4.34. The summed E-state index contributed by atoms with van der Waals surface area (Å²) in [7, 11) is 1.50. The Balaban J connectivity index is 1.80. The minimum atomic E-state index is -0.329. The van der Waals surface area contributed by atoms with Crippen LogP contribution in [0.15, 0.2) is 42.5 Å². The van der Waals surface area contributed by atoms with Crippen molar-refractivity contribution in [2.45, 2.75) is 0 Å². The van der Waals surface area contributed by atoms with Gasteiger partial charge in [0.15, 0.2) is 0 Å². The molecular formula is C14H12N6O2. The highest BCUT2D eigenvalue weighted by atomic mass is 16.5. The van der Waals surface area contributed by atoms with Crippen molar-refractivity contribution in [1.29, 1.82) is 0 Å². The maximum absolute atomic E-state index is 12.2. The van der Waals surface area contributed by atoms with Crippen LogP contribution in [0.3, 0.4) is 0 Å². The zero-order valence-corrected chi connectivity index (χ0v) is 11.6. The minimum Gasteiger partial charge on any atom is -0.481 e. The number of H-pyrrole nitrogens is 1. The number of pyridine rings is 1. The Morgan fingerprint density at radius 1 is 1.23 bits per heavy atom. The van der Waals surface area contributed by atoms with Crippen molar-refractivity contribution in [3.05, 3.63) is 48.2 Å². The third-order valence-corrected chi connectivity index (χ3v) is 2.89. The van der Waals surface area contributed by atoms with Crippen LogP contribution in [0.2, 0.25) is 0 Å². The van der Waals surface area contributed by atoms with Gasteiger partial charge >= 0.3 is 0 Å². The van der Waals surface area contributed by atoms with E-state index < -0.39 is 0 Å². The number of carbonyl (C=O) groups excluding carboxylic acids is 1. The van der Waals surface area contributed by atoms with Crippen LogP contribution in [-0.4, -0.2) is 38.6 Å². The first-order chi connectivity index (χ1) is 10.8. The highest BCUT2D eigenvalue weighted by molar-refractivity contribution is 6.03. The number of benzene rings is 1. The quantitative estimate of drug-likeness (QED) is 0.756. The Morgan fingerprint density at radius 2 is 2.09 bits per heavy atom. The van der Waals surface area contributed by atoms with Crippen LogP contribution < -0.4 is 10.1 Å². The maximum Gasteiger partial charge on any atom is 0.274 e. The number of anilines is 1. The van der Waals surface area contributed by atoms with Gasteiger partial charge in [-0.05, 0) is 23.4 Å². The second kappa shape index (κ2) is 6.00. The normalized spacial score (nSPS) is 10.2. The van der Waals surface area contributed by atoms with Crippen LogP contribution >= 0.6 is 0 Å². The van der Waals surface area contributed by atoms with Gasteiger partial charge in [-0.2, -0.15) is 5.21 Å². The minimum absolute atomic E-state index is 0.268. The molecule has 0 bridgehead atoms. The largest absolute Gasteiger partial charge is 0.481 e. The van der Waals surface area contributed by atoms with Gasteiger partial charge in [-0.3, -0.25) is 4.79 Å². The molecule has 0 saturated heterocycles. The summed E-state index contributed by atoms with van der Waals surface area (Å²) in [5.41, 5.74) is 1.62. The molecule has 0 radical (unpaired) electrons. The van der Waals surface area contributed by atoms with Crippen molar-refractivity contribution in [3.8, 4) is 17.3 Å². The fourth-order valence-corrected chi connectivity index (χ4v) is 1.87. The zero-order chi connectivity index (χ0) is 15.4. The van der Waals surface area contributed by atoms with Crippen molar-refractivity contribution in [1.82, 2.24) is 25.6 Å². The predicted octanol–water partition coefficient (Wildman–Crippen LogP) is 1.52. The SMILES string of the molecule is COc1cccc(C(=O)Nc2cccc(-c3nn[nH]n3)c2)n1. The van der Waals surface area contributed by atoms with E-state index in [0.29, 0.717) is 17.4 Å². The first kappa shape index (κ1) is 13.7. The van der Waals surface area contributed by atoms with Gasteiger partial charge in [-0.15, -0.1) is 10.2 Å². The molecular weight excluding hydrogens is 284 g/mol. The van der Waals surface area contributed by atoms with Crippen molar-refractivity contribution < 1.29 is 9.53 Å². The number of hydrogen-bond acceptors (Lipinski definition) is 6. The molecule has 0 saturated carbocycles. The Hall–Kier alpha value is -3.29. The maximum atomic E-state index is 12.2. The highest BCUT2D eigenvalue weighted by Crippen LogP contribution is 2.19. The van der Waals surface area contributed by atoms with Gasteiger partial charge in [0.2, 0.25) is 11.7 Å². The lowest BCUT2D eigenvalue weighted by atomic mass is 10.2. The number of carbonyl (C=O) groups is 1. The van der Waals surface area contributed by atoms with Crippen LogP contribution in [-0.2, 0) is 0 Å². The summed E-state index contributed by atoms with van der Waals surface area (Å²) in [6, 6.07) is 12.1. The summed E-state index contributed by atoms with van der Waals surface area (Å²) in [5, 5.41) is 16.5. The number of aromatic amines is 1. The molecule has 3 rings (SSSR count). The van der Waals surface area contributed by atoms with Crippen LogP contribution in [0, 0.1) is 0 Å². The fraction of sp³-hybridized carbons (Fsp3) is 0.0714. The van der Waals surface area contributed by atoms with Crippen LogP contribution in [0.5, 0.6) is 5.88 Å². The van der Waals surface area contributed by atoms with Crippen molar-refractivity contribution in [2.24, 2.45) is 0 Å². The molecule has 8 nitrogen and oxygen atoms in total. The molecule has 3 aromatic rings. The molecule has 1 amide bonds. The van der Waals surface area contributed by atoms with Crippen molar-refractivity contribution in [2.75, 3.05) is 12.4 Å². The van der Waals surface area contributed by atoms with Gasteiger partial charge in [0, 0.05) is 17.3 Å².